The van der Waals surface area contributed by atoms with Gasteiger partial charge >= 0.3 is 0 Å². The number of rotatable bonds is 4. The molecule has 4 aromatic rings. The van der Waals surface area contributed by atoms with Crippen LogP contribution in [0, 0.1) is 0 Å². The van der Waals surface area contributed by atoms with E-state index in [1.807, 2.05) is 53.6 Å². The van der Waals surface area contributed by atoms with Gasteiger partial charge in [0.25, 0.3) is 11.7 Å². The molecule has 0 saturated carbocycles. The molecule has 5 rings (SSSR count). The van der Waals surface area contributed by atoms with E-state index < -0.39 is 0 Å². The van der Waals surface area contributed by atoms with Gasteiger partial charge in [-0.1, -0.05) is 42.5 Å². The number of piperazine rings is 1. The van der Waals surface area contributed by atoms with Crippen LogP contribution in [0.4, 0.5) is 5.82 Å². The molecule has 1 amide bonds. The quantitative estimate of drug-likeness (QED) is 0.511. The lowest BCUT2D eigenvalue weighted by atomic mass is 10.1. The zero-order valence-corrected chi connectivity index (χ0v) is 17.2. The Kier molecular flexibility index (Phi) is 4.95. The highest BCUT2D eigenvalue weighted by atomic mass is 16.5. The first-order valence-electron chi connectivity index (χ1n) is 10.2. The largest absolute Gasteiger partial charge is 0.496 e. The third-order valence-corrected chi connectivity index (χ3v) is 5.57. The van der Waals surface area contributed by atoms with Gasteiger partial charge in [-0.25, -0.2) is 4.98 Å². The minimum Gasteiger partial charge on any atom is -0.496 e. The van der Waals surface area contributed by atoms with E-state index in [1.54, 1.807) is 11.6 Å². The van der Waals surface area contributed by atoms with Crippen molar-refractivity contribution in [1.29, 1.82) is 0 Å². The third kappa shape index (κ3) is 3.46. The van der Waals surface area contributed by atoms with Crippen LogP contribution in [-0.4, -0.2) is 63.7 Å². The maximum atomic E-state index is 13.1. The summed E-state index contributed by atoms with van der Waals surface area (Å²) >= 11 is 0. The molecule has 0 unspecified atom stereocenters. The number of anilines is 1. The standard InChI is InChI=1S/C23H22N6O2/c1-31-20-10-6-5-9-18(20)22(30)28-13-11-27(12-14-28)21-19(17-7-3-2-4-8-17)15-24-23-25-16-26-29(21)23/h2-10,15-16H,11-14H2,1H3. The molecule has 1 aliphatic heterocycles. The lowest BCUT2D eigenvalue weighted by Crippen LogP contribution is -2.49. The number of methoxy groups -OCH3 is 1. The van der Waals surface area contributed by atoms with Gasteiger partial charge in [0.15, 0.2) is 0 Å². The summed E-state index contributed by atoms with van der Waals surface area (Å²) in [5.41, 5.74) is 2.64. The van der Waals surface area contributed by atoms with Gasteiger partial charge in [-0.05, 0) is 17.7 Å². The SMILES string of the molecule is COc1ccccc1C(=O)N1CCN(c2c(-c3ccccc3)cnc3ncnn23)CC1. The predicted octanol–water partition coefficient (Wildman–Crippen LogP) is 2.76. The molecular weight excluding hydrogens is 392 g/mol. The number of hydrogen-bond acceptors (Lipinski definition) is 6. The number of amides is 1. The maximum Gasteiger partial charge on any atom is 0.257 e. The van der Waals surface area contributed by atoms with E-state index in [2.05, 4.69) is 32.1 Å². The molecule has 0 radical (unpaired) electrons. The Balaban J connectivity index is 1.43. The molecule has 3 heterocycles. The summed E-state index contributed by atoms with van der Waals surface area (Å²) in [5, 5.41) is 4.41. The number of benzene rings is 2. The van der Waals surface area contributed by atoms with Crippen molar-refractivity contribution in [3.05, 3.63) is 72.7 Å². The monoisotopic (exact) mass is 414 g/mol. The fourth-order valence-electron chi connectivity index (χ4n) is 4.01. The van der Waals surface area contributed by atoms with Crippen LogP contribution >= 0.6 is 0 Å². The molecule has 1 aliphatic rings. The Morgan fingerprint density at radius 2 is 1.68 bits per heavy atom. The molecule has 1 fully saturated rings. The highest BCUT2D eigenvalue weighted by Crippen LogP contribution is 2.31. The van der Waals surface area contributed by atoms with Gasteiger partial charge in [-0.3, -0.25) is 4.79 Å². The zero-order chi connectivity index (χ0) is 21.2. The van der Waals surface area contributed by atoms with Crippen molar-refractivity contribution in [2.75, 3.05) is 38.2 Å². The van der Waals surface area contributed by atoms with Crippen LogP contribution in [0.15, 0.2) is 67.1 Å². The zero-order valence-electron chi connectivity index (χ0n) is 17.2. The van der Waals surface area contributed by atoms with E-state index in [-0.39, 0.29) is 5.91 Å². The van der Waals surface area contributed by atoms with E-state index in [4.69, 9.17) is 4.74 Å². The van der Waals surface area contributed by atoms with Crippen LogP contribution in [0.25, 0.3) is 16.9 Å². The van der Waals surface area contributed by atoms with Crippen molar-refractivity contribution >= 4 is 17.5 Å². The van der Waals surface area contributed by atoms with Crippen LogP contribution in [0.3, 0.4) is 0 Å². The molecule has 8 nitrogen and oxygen atoms in total. The van der Waals surface area contributed by atoms with Crippen LogP contribution in [-0.2, 0) is 0 Å². The van der Waals surface area contributed by atoms with Crippen molar-refractivity contribution < 1.29 is 9.53 Å². The summed E-state index contributed by atoms with van der Waals surface area (Å²) < 4.78 is 7.15. The lowest BCUT2D eigenvalue weighted by molar-refractivity contribution is 0.0743. The molecule has 0 bridgehead atoms. The second-order valence-electron chi connectivity index (χ2n) is 7.31. The molecule has 156 valence electrons. The predicted molar refractivity (Wildman–Crippen MR) is 117 cm³/mol. The van der Waals surface area contributed by atoms with Gasteiger partial charge in [0, 0.05) is 37.9 Å². The van der Waals surface area contributed by atoms with Gasteiger partial charge in [-0.15, -0.1) is 0 Å². The van der Waals surface area contributed by atoms with Crippen molar-refractivity contribution in [3.8, 4) is 16.9 Å². The number of hydrogen-bond donors (Lipinski definition) is 0. The Bertz CT molecular complexity index is 1220. The van der Waals surface area contributed by atoms with E-state index in [0.29, 0.717) is 43.3 Å². The van der Waals surface area contributed by atoms with E-state index >= 15 is 0 Å². The topological polar surface area (TPSA) is 75.9 Å². The van der Waals surface area contributed by atoms with Crippen molar-refractivity contribution in [2.24, 2.45) is 0 Å². The molecule has 8 heteroatoms. The van der Waals surface area contributed by atoms with Gasteiger partial charge < -0.3 is 14.5 Å². The number of fused-ring (bicyclic) bond motifs is 1. The number of para-hydroxylation sites is 1. The van der Waals surface area contributed by atoms with E-state index in [1.165, 1.54) is 6.33 Å². The van der Waals surface area contributed by atoms with Crippen molar-refractivity contribution in [2.45, 2.75) is 0 Å². The number of carbonyl (C=O) groups excluding carboxylic acids is 1. The smallest absolute Gasteiger partial charge is 0.257 e. The second kappa shape index (κ2) is 8.06. The normalized spacial score (nSPS) is 14.1. The number of aromatic nitrogens is 4. The average molecular weight is 414 g/mol. The van der Waals surface area contributed by atoms with Gasteiger partial charge in [0.1, 0.15) is 17.9 Å². The summed E-state index contributed by atoms with van der Waals surface area (Å²) in [6.07, 6.45) is 3.36. The molecule has 0 aliphatic carbocycles. The first kappa shape index (κ1) is 19.0. The fraction of sp³-hybridized carbons (Fsp3) is 0.217. The first-order chi connectivity index (χ1) is 15.3. The van der Waals surface area contributed by atoms with E-state index in [0.717, 1.165) is 16.9 Å². The summed E-state index contributed by atoms with van der Waals surface area (Å²) in [7, 11) is 1.59. The average Bonchev–Trinajstić information content (AvgIpc) is 3.32. The number of carbonyl (C=O) groups is 1. The van der Waals surface area contributed by atoms with E-state index in [9.17, 15) is 4.79 Å². The van der Waals surface area contributed by atoms with Crippen LogP contribution < -0.4 is 9.64 Å². The van der Waals surface area contributed by atoms with Crippen LogP contribution in [0.5, 0.6) is 5.75 Å². The summed E-state index contributed by atoms with van der Waals surface area (Å²) in [6.45, 7) is 2.56. The number of ether oxygens (including phenoxy) is 1. The minimum absolute atomic E-state index is 0.0130. The first-order valence-corrected chi connectivity index (χ1v) is 10.2. The molecule has 31 heavy (non-hydrogen) atoms. The molecule has 1 saturated heterocycles. The second-order valence-corrected chi connectivity index (χ2v) is 7.31. The highest BCUT2D eigenvalue weighted by molar-refractivity contribution is 5.97. The molecule has 0 N–H and O–H groups in total. The fourth-order valence-corrected chi connectivity index (χ4v) is 4.01. The van der Waals surface area contributed by atoms with Gasteiger partial charge in [0.05, 0.1) is 12.7 Å². The molecule has 0 atom stereocenters. The Hall–Kier alpha value is -3.94. The summed E-state index contributed by atoms with van der Waals surface area (Å²) in [6, 6.07) is 17.5. The number of nitrogens with zero attached hydrogens (tertiary/aromatic N) is 6. The van der Waals surface area contributed by atoms with Crippen molar-refractivity contribution in [3.63, 3.8) is 0 Å². The third-order valence-electron chi connectivity index (χ3n) is 5.57. The van der Waals surface area contributed by atoms with Gasteiger partial charge in [0.2, 0.25) is 0 Å². The Labute approximate surface area is 179 Å². The molecule has 2 aromatic heterocycles. The van der Waals surface area contributed by atoms with Gasteiger partial charge in [-0.2, -0.15) is 14.6 Å². The molecule has 2 aromatic carbocycles. The van der Waals surface area contributed by atoms with Crippen LogP contribution in [0.1, 0.15) is 10.4 Å². The van der Waals surface area contributed by atoms with Crippen molar-refractivity contribution in [1.82, 2.24) is 24.5 Å². The Morgan fingerprint density at radius 3 is 2.45 bits per heavy atom. The van der Waals surface area contributed by atoms with Crippen LogP contribution in [0.2, 0.25) is 0 Å². The maximum absolute atomic E-state index is 13.1. The summed E-state index contributed by atoms with van der Waals surface area (Å²) in [4.78, 5) is 25.9. The Morgan fingerprint density at radius 1 is 0.935 bits per heavy atom. The summed E-state index contributed by atoms with van der Waals surface area (Å²) in [5.74, 6) is 2.08. The highest BCUT2D eigenvalue weighted by Gasteiger charge is 2.27. The minimum atomic E-state index is -0.0130. The molecule has 0 spiro atoms. The molecular formula is C23H22N6O2. The lowest BCUT2D eigenvalue weighted by Gasteiger charge is -2.36.